The lowest BCUT2D eigenvalue weighted by atomic mass is 10.1. The van der Waals surface area contributed by atoms with Crippen molar-refractivity contribution in [3.63, 3.8) is 0 Å². The van der Waals surface area contributed by atoms with Crippen molar-refractivity contribution in [3.05, 3.63) is 87.4 Å². The Morgan fingerprint density at radius 3 is 2.59 bits per heavy atom. The molecule has 0 bridgehead atoms. The van der Waals surface area contributed by atoms with Crippen molar-refractivity contribution in [2.75, 3.05) is 0 Å². The fraction of sp³-hybridized carbons (Fsp3) is 0.261. The van der Waals surface area contributed by atoms with Gasteiger partial charge >= 0.3 is 0 Å². The smallest absolute Gasteiger partial charge is 0.283 e. The van der Waals surface area contributed by atoms with Gasteiger partial charge in [-0.25, -0.2) is 9.67 Å². The van der Waals surface area contributed by atoms with Gasteiger partial charge in [0, 0.05) is 11.1 Å². The third kappa shape index (κ3) is 5.20. The van der Waals surface area contributed by atoms with Gasteiger partial charge in [0.2, 0.25) is 5.91 Å². The summed E-state index contributed by atoms with van der Waals surface area (Å²) in [6.07, 6.45) is 3.04. The molecule has 1 atom stereocenters. The van der Waals surface area contributed by atoms with Crippen molar-refractivity contribution >= 4 is 28.7 Å². The van der Waals surface area contributed by atoms with Gasteiger partial charge in [-0.05, 0) is 43.0 Å². The molecule has 4 aromatic rings. The Kier molecular flexibility index (Phi) is 6.61. The number of aryl methyl sites for hydroxylation is 1. The Morgan fingerprint density at radius 2 is 1.84 bits per heavy atom. The van der Waals surface area contributed by atoms with Crippen molar-refractivity contribution < 1.29 is 4.79 Å². The number of hydrogen-bond donors (Lipinski definition) is 1. The van der Waals surface area contributed by atoms with Gasteiger partial charge in [-0.1, -0.05) is 59.3 Å². The molecule has 0 saturated heterocycles. The maximum atomic E-state index is 12.8. The highest BCUT2D eigenvalue weighted by Gasteiger charge is 2.15. The van der Waals surface area contributed by atoms with Crippen LogP contribution in [0.5, 0.6) is 0 Å². The van der Waals surface area contributed by atoms with E-state index in [0.29, 0.717) is 17.2 Å². The first-order chi connectivity index (χ1) is 15.5. The SMILES string of the molecule is C[C@H](CCc1ccccc1)NC(=O)Cn1cnc2c(nnn2Cc2ccc(Cl)cc2)c1=O. The molecule has 32 heavy (non-hydrogen) atoms. The highest BCUT2D eigenvalue weighted by Crippen LogP contribution is 2.12. The van der Waals surface area contributed by atoms with Crippen LogP contribution in [0, 0.1) is 0 Å². The Morgan fingerprint density at radius 1 is 1.09 bits per heavy atom. The van der Waals surface area contributed by atoms with Gasteiger partial charge in [-0.3, -0.25) is 14.2 Å². The van der Waals surface area contributed by atoms with Gasteiger partial charge < -0.3 is 5.32 Å². The number of halogens is 1. The summed E-state index contributed by atoms with van der Waals surface area (Å²) in [7, 11) is 0. The predicted molar refractivity (Wildman–Crippen MR) is 123 cm³/mol. The fourth-order valence-electron chi connectivity index (χ4n) is 3.44. The number of rotatable bonds is 8. The summed E-state index contributed by atoms with van der Waals surface area (Å²) < 4.78 is 2.80. The van der Waals surface area contributed by atoms with Crippen molar-refractivity contribution in [1.82, 2.24) is 29.9 Å². The fourth-order valence-corrected chi connectivity index (χ4v) is 3.57. The molecule has 0 fully saturated rings. The lowest BCUT2D eigenvalue weighted by Gasteiger charge is -2.14. The van der Waals surface area contributed by atoms with Crippen LogP contribution in [0.4, 0.5) is 0 Å². The first kappa shape index (κ1) is 21.7. The van der Waals surface area contributed by atoms with E-state index in [2.05, 4.69) is 32.7 Å². The first-order valence-corrected chi connectivity index (χ1v) is 10.7. The highest BCUT2D eigenvalue weighted by atomic mass is 35.5. The summed E-state index contributed by atoms with van der Waals surface area (Å²) in [5, 5.41) is 11.6. The Balaban J connectivity index is 1.40. The van der Waals surface area contributed by atoms with Gasteiger partial charge in [0.05, 0.1) is 6.54 Å². The Bertz CT molecular complexity index is 1270. The minimum absolute atomic E-state index is 0.0182. The summed E-state index contributed by atoms with van der Waals surface area (Å²) >= 11 is 5.92. The van der Waals surface area contributed by atoms with Gasteiger partial charge in [-0.15, -0.1) is 5.10 Å². The molecule has 2 aromatic heterocycles. The van der Waals surface area contributed by atoms with E-state index < -0.39 is 5.56 Å². The summed E-state index contributed by atoms with van der Waals surface area (Å²) in [4.78, 5) is 29.5. The number of carbonyl (C=O) groups is 1. The Labute approximate surface area is 189 Å². The molecule has 8 nitrogen and oxygen atoms in total. The summed E-state index contributed by atoms with van der Waals surface area (Å²) in [6.45, 7) is 2.23. The standard InChI is InChI=1S/C23H23ClN6O2/c1-16(7-8-17-5-3-2-4-6-17)26-20(31)14-29-15-25-22-21(23(29)32)27-28-30(22)13-18-9-11-19(24)12-10-18/h2-6,9-12,15-16H,7-8,13-14H2,1H3,(H,26,31)/t16-/m1/s1. The third-order valence-electron chi connectivity index (χ3n) is 5.17. The highest BCUT2D eigenvalue weighted by molar-refractivity contribution is 6.30. The normalized spacial score (nSPS) is 12.1. The monoisotopic (exact) mass is 450 g/mol. The van der Waals surface area contributed by atoms with E-state index >= 15 is 0 Å². The summed E-state index contributed by atoms with van der Waals surface area (Å²) in [6, 6.07) is 17.4. The third-order valence-corrected chi connectivity index (χ3v) is 5.42. The van der Waals surface area contributed by atoms with Crippen LogP contribution < -0.4 is 10.9 Å². The second-order valence-corrected chi connectivity index (χ2v) is 8.15. The van der Waals surface area contributed by atoms with E-state index in [4.69, 9.17) is 11.6 Å². The molecule has 0 spiro atoms. The molecular formula is C23H23ClN6O2. The maximum Gasteiger partial charge on any atom is 0.283 e. The van der Waals surface area contributed by atoms with Gasteiger partial charge in [0.1, 0.15) is 12.9 Å². The quantitative estimate of drug-likeness (QED) is 0.445. The van der Waals surface area contributed by atoms with Crippen LogP contribution in [0.25, 0.3) is 11.2 Å². The summed E-state index contributed by atoms with van der Waals surface area (Å²) in [5.74, 6) is -0.248. The van der Waals surface area contributed by atoms with Crippen LogP contribution in [0.1, 0.15) is 24.5 Å². The van der Waals surface area contributed by atoms with Gasteiger partial charge in [0.25, 0.3) is 5.56 Å². The van der Waals surface area contributed by atoms with Gasteiger partial charge in [-0.2, -0.15) is 0 Å². The predicted octanol–water partition coefficient (Wildman–Crippen LogP) is 2.83. The number of carbonyl (C=O) groups excluding carboxylic acids is 1. The lowest BCUT2D eigenvalue weighted by molar-refractivity contribution is -0.122. The molecule has 9 heteroatoms. The van der Waals surface area contributed by atoms with Crippen LogP contribution in [-0.4, -0.2) is 36.5 Å². The van der Waals surface area contributed by atoms with Crippen molar-refractivity contribution in [2.45, 2.75) is 38.9 Å². The molecule has 0 saturated carbocycles. The van der Waals surface area contributed by atoms with Gasteiger partial charge in [0.15, 0.2) is 11.2 Å². The van der Waals surface area contributed by atoms with E-state index in [-0.39, 0.29) is 24.0 Å². The second-order valence-electron chi connectivity index (χ2n) is 7.72. The molecule has 0 aliphatic rings. The molecule has 1 N–H and O–H groups in total. The lowest BCUT2D eigenvalue weighted by Crippen LogP contribution is -2.37. The van der Waals surface area contributed by atoms with E-state index in [1.54, 1.807) is 16.8 Å². The molecule has 0 radical (unpaired) electrons. The molecule has 4 rings (SSSR count). The average Bonchev–Trinajstić information content (AvgIpc) is 3.20. The molecule has 0 aliphatic carbocycles. The number of nitrogens with zero attached hydrogens (tertiary/aromatic N) is 5. The first-order valence-electron chi connectivity index (χ1n) is 10.4. The topological polar surface area (TPSA) is 94.7 Å². The van der Waals surface area contributed by atoms with Crippen LogP contribution >= 0.6 is 11.6 Å². The van der Waals surface area contributed by atoms with Crippen molar-refractivity contribution in [1.29, 1.82) is 0 Å². The van der Waals surface area contributed by atoms with Crippen LogP contribution in [-0.2, 0) is 24.3 Å². The summed E-state index contributed by atoms with van der Waals surface area (Å²) in [5.41, 5.74) is 2.28. The number of amides is 1. The zero-order valence-corrected chi connectivity index (χ0v) is 18.4. The minimum Gasteiger partial charge on any atom is -0.352 e. The van der Waals surface area contributed by atoms with Crippen molar-refractivity contribution in [2.24, 2.45) is 0 Å². The molecule has 0 aliphatic heterocycles. The zero-order valence-electron chi connectivity index (χ0n) is 17.6. The number of benzene rings is 2. The Hall–Kier alpha value is -3.52. The average molecular weight is 451 g/mol. The number of fused-ring (bicyclic) bond motifs is 1. The zero-order chi connectivity index (χ0) is 22.5. The van der Waals surface area contributed by atoms with E-state index in [1.165, 1.54) is 16.5 Å². The number of aromatic nitrogens is 5. The molecular weight excluding hydrogens is 428 g/mol. The molecule has 0 unspecified atom stereocenters. The molecule has 2 heterocycles. The van der Waals surface area contributed by atoms with Crippen LogP contribution in [0.2, 0.25) is 5.02 Å². The number of nitrogens with one attached hydrogen (secondary N) is 1. The second kappa shape index (κ2) is 9.74. The van der Waals surface area contributed by atoms with Crippen LogP contribution in [0.15, 0.2) is 65.7 Å². The van der Waals surface area contributed by atoms with E-state index in [0.717, 1.165) is 18.4 Å². The molecule has 1 amide bonds. The largest absolute Gasteiger partial charge is 0.352 e. The van der Waals surface area contributed by atoms with E-state index in [9.17, 15) is 9.59 Å². The minimum atomic E-state index is -0.399. The molecule has 164 valence electrons. The van der Waals surface area contributed by atoms with Crippen LogP contribution in [0.3, 0.4) is 0 Å². The van der Waals surface area contributed by atoms with E-state index in [1.807, 2.05) is 37.3 Å². The number of hydrogen-bond acceptors (Lipinski definition) is 5. The van der Waals surface area contributed by atoms with Crippen molar-refractivity contribution in [3.8, 4) is 0 Å². The molecule has 2 aromatic carbocycles. The maximum absolute atomic E-state index is 12.8.